The number of nitrogens with zero attached hydrogens (tertiary/aromatic N) is 4. The topological polar surface area (TPSA) is 128 Å². The zero-order chi connectivity index (χ0) is 23.7. The van der Waals surface area contributed by atoms with E-state index in [1.54, 1.807) is 32.9 Å². The number of nitrogens with two attached hydrogens (primary N) is 1. The lowest BCUT2D eigenvalue weighted by Gasteiger charge is -2.20. The van der Waals surface area contributed by atoms with Crippen molar-refractivity contribution in [3.05, 3.63) is 35.5 Å². The average Bonchev–Trinajstić information content (AvgIpc) is 2.68. The molecule has 0 atom stereocenters. The number of nitrogens with one attached hydrogen (secondary N) is 1. The number of anilines is 2. The molecule has 0 amide bonds. The zero-order valence-electron chi connectivity index (χ0n) is 17.9. The van der Waals surface area contributed by atoms with Crippen molar-refractivity contribution in [2.45, 2.75) is 39.1 Å². The highest BCUT2D eigenvalue weighted by atomic mass is 19.4. The molecule has 0 aliphatic heterocycles. The molecule has 0 saturated carbocycles. The van der Waals surface area contributed by atoms with Gasteiger partial charge in [-0.1, -0.05) is 0 Å². The van der Waals surface area contributed by atoms with Gasteiger partial charge in [0.25, 0.3) is 0 Å². The van der Waals surface area contributed by atoms with E-state index < -0.39 is 17.6 Å². The fraction of sp³-hybridized carbons (Fsp3) is 0.400. The highest BCUT2D eigenvalue weighted by Gasteiger charge is 2.35. The van der Waals surface area contributed by atoms with E-state index in [2.05, 4.69) is 25.3 Å². The quantitative estimate of drug-likeness (QED) is 0.495. The summed E-state index contributed by atoms with van der Waals surface area (Å²) in [4.78, 5) is 15.5. The van der Waals surface area contributed by atoms with Crippen molar-refractivity contribution in [2.75, 3.05) is 24.8 Å². The first kappa shape index (κ1) is 23.3. The van der Waals surface area contributed by atoms with Crippen LogP contribution in [0.4, 0.5) is 24.8 Å². The maximum absolute atomic E-state index is 13.0. The summed E-state index contributed by atoms with van der Waals surface area (Å²) < 4.78 is 50.0. The van der Waals surface area contributed by atoms with E-state index >= 15 is 0 Å². The first-order valence-electron chi connectivity index (χ1n) is 9.52. The summed E-state index contributed by atoms with van der Waals surface area (Å²) in [6.45, 7) is 4.80. The van der Waals surface area contributed by atoms with E-state index in [0.29, 0.717) is 34.0 Å². The van der Waals surface area contributed by atoms with Gasteiger partial charge in [0.15, 0.2) is 11.5 Å². The Balaban J connectivity index is 1.97. The van der Waals surface area contributed by atoms with Crippen LogP contribution < -0.4 is 20.5 Å². The Bertz CT molecular complexity index is 1130. The molecule has 3 aromatic rings. The molecule has 172 valence electrons. The molecule has 0 unspecified atom stereocenters. The molecular weight excluding hydrogens is 429 g/mol. The number of nitrogen functional groups attached to an aromatic ring is 1. The molecule has 0 aliphatic carbocycles. The van der Waals surface area contributed by atoms with Gasteiger partial charge in [0.05, 0.1) is 30.5 Å². The number of halogens is 3. The number of fused-ring (bicyclic) bond motifs is 1. The van der Waals surface area contributed by atoms with Gasteiger partial charge in [-0.05, 0) is 26.8 Å². The number of alkyl halides is 3. The number of rotatable bonds is 7. The van der Waals surface area contributed by atoms with Crippen LogP contribution in [0.5, 0.6) is 11.5 Å². The average molecular weight is 452 g/mol. The Morgan fingerprint density at radius 3 is 2.41 bits per heavy atom. The van der Waals surface area contributed by atoms with Gasteiger partial charge < -0.3 is 25.6 Å². The number of aliphatic hydroxyl groups is 1. The lowest BCUT2D eigenvalue weighted by atomic mass is 10.1. The summed E-state index contributed by atoms with van der Waals surface area (Å²) in [7, 11) is 1.48. The summed E-state index contributed by atoms with van der Waals surface area (Å²) >= 11 is 0. The van der Waals surface area contributed by atoms with E-state index in [0.717, 1.165) is 0 Å². The Morgan fingerprint density at radius 2 is 1.78 bits per heavy atom. The fourth-order valence-electron chi connectivity index (χ4n) is 2.82. The Labute approximate surface area is 181 Å². The molecule has 3 rings (SSSR count). The van der Waals surface area contributed by atoms with E-state index in [1.165, 1.54) is 13.2 Å². The van der Waals surface area contributed by atoms with E-state index in [-0.39, 0.29) is 24.7 Å². The molecule has 0 saturated heterocycles. The molecular formula is C20H23F3N6O3. The molecule has 9 nitrogen and oxygen atoms in total. The molecule has 0 radical (unpaired) electrons. The molecule has 1 aromatic carbocycles. The Kier molecular flexibility index (Phi) is 6.26. The maximum Gasteiger partial charge on any atom is 0.451 e. The summed E-state index contributed by atoms with van der Waals surface area (Å²) in [6.07, 6.45) is -4.72. The van der Waals surface area contributed by atoms with Crippen molar-refractivity contribution in [1.82, 2.24) is 19.9 Å². The van der Waals surface area contributed by atoms with Crippen LogP contribution in [0.2, 0.25) is 0 Å². The van der Waals surface area contributed by atoms with Crippen LogP contribution in [0.25, 0.3) is 10.9 Å². The number of methoxy groups -OCH3 is 1. The normalized spacial score (nSPS) is 12.1. The fourth-order valence-corrected chi connectivity index (χ4v) is 2.82. The summed E-state index contributed by atoms with van der Waals surface area (Å²) in [6, 6.07) is 4.54. The molecule has 32 heavy (non-hydrogen) atoms. The maximum atomic E-state index is 13.0. The lowest BCUT2D eigenvalue weighted by Crippen LogP contribution is -2.28. The molecule has 0 bridgehead atoms. The highest BCUT2D eigenvalue weighted by molar-refractivity contribution is 5.91. The van der Waals surface area contributed by atoms with E-state index in [9.17, 15) is 18.3 Å². The van der Waals surface area contributed by atoms with Crippen LogP contribution in [0.15, 0.2) is 18.2 Å². The van der Waals surface area contributed by atoms with Crippen molar-refractivity contribution in [1.29, 1.82) is 0 Å². The van der Waals surface area contributed by atoms with Gasteiger partial charge in [0.2, 0.25) is 5.82 Å². The summed E-state index contributed by atoms with van der Waals surface area (Å²) in [5.41, 5.74) is 5.00. The Hall–Kier alpha value is -3.41. The Morgan fingerprint density at radius 1 is 1.06 bits per heavy atom. The third-order valence-corrected chi connectivity index (χ3v) is 4.16. The number of ether oxygens (including phenoxy) is 2. The minimum Gasteiger partial charge on any atom is -0.493 e. The number of aromatic nitrogens is 4. The standard InChI is InChI=1S/C20H23F3N6O3/c1-10-26-13-7-14(31-4)15(32-9-19(2,3)30)6-12(13)17(27-10)25-8-11-5-16(24)29-18(28-11)20(21,22)23/h5-7,30H,8-9H2,1-4H3,(H2,24,28,29)(H,25,26,27). The summed E-state index contributed by atoms with van der Waals surface area (Å²) in [5, 5.41) is 13.5. The molecule has 12 heteroatoms. The van der Waals surface area contributed by atoms with Crippen molar-refractivity contribution in [2.24, 2.45) is 0 Å². The molecule has 0 fully saturated rings. The first-order chi connectivity index (χ1) is 14.9. The van der Waals surface area contributed by atoms with Gasteiger partial charge in [-0.3, -0.25) is 0 Å². The van der Waals surface area contributed by atoms with Crippen LogP contribution in [-0.2, 0) is 12.7 Å². The van der Waals surface area contributed by atoms with Crippen LogP contribution in [0.1, 0.15) is 31.2 Å². The predicted molar refractivity (Wildman–Crippen MR) is 111 cm³/mol. The van der Waals surface area contributed by atoms with Crippen molar-refractivity contribution >= 4 is 22.5 Å². The number of aryl methyl sites for hydroxylation is 1. The van der Waals surface area contributed by atoms with Crippen molar-refractivity contribution in [3.63, 3.8) is 0 Å². The number of hydrogen-bond acceptors (Lipinski definition) is 9. The van der Waals surface area contributed by atoms with Crippen LogP contribution in [0, 0.1) is 6.92 Å². The zero-order valence-corrected chi connectivity index (χ0v) is 17.9. The monoisotopic (exact) mass is 452 g/mol. The van der Waals surface area contributed by atoms with E-state index in [1.807, 2.05) is 0 Å². The van der Waals surface area contributed by atoms with Gasteiger partial charge in [0.1, 0.15) is 24.1 Å². The van der Waals surface area contributed by atoms with Gasteiger partial charge in [0, 0.05) is 17.5 Å². The second-order valence-electron chi connectivity index (χ2n) is 7.70. The first-order valence-corrected chi connectivity index (χ1v) is 9.52. The predicted octanol–water partition coefficient (Wildman–Crippen LogP) is 3.10. The molecule has 2 heterocycles. The minimum atomic E-state index is -4.72. The second kappa shape index (κ2) is 8.61. The third kappa shape index (κ3) is 5.63. The molecule has 4 N–H and O–H groups in total. The van der Waals surface area contributed by atoms with Crippen LogP contribution >= 0.6 is 0 Å². The summed E-state index contributed by atoms with van der Waals surface area (Å²) in [5.74, 6) is -0.0585. The lowest BCUT2D eigenvalue weighted by molar-refractivity contribution is -0.145. The van der Waals surface area contributed by atoms with Gasteiger partial charge in [-0.15, -0.1) is 0 Å². The van der Waals surface area contributed by atoms with Gasteiger partial charge in [-0.2, -0.15) is 13.2 Å². The van der Waals surface area contributed by atoms with Crippen LogP contribution in [-0.4, -0.2) is 44.4 Å². The third-order valence-electron chi connectivity index (χ3n) is 4.16. The molecule has 2 aromatic heterocycles. The van der Waals surface area contributed by atoms with Gasteiger partial charge >= 0.3 is 6.18 Å². The largest absolute Gasteiger partial charge is 0.493 e. The highest BCUT2D eigenvalue weighted by Crippen LogP contribution is 2.35. The van der Waals surface area contributed by atoms with Crippen LogP contribution in [0.3, 0.4) is 0 Å². The number of benzene rings is 1. The molecule has 0 aliphatic rings. The van der Waals surface area contributed by atoms with Gasteiger partial charge in [-0.25, -0.2) is 19.9 Å². The van der Waals surface area contributed by atoms with E-state index in [4.69, 9.17) is 15.2 Å². The number of hydrogen-bond donors (Lipinski definition) is 3. The van der Waals surface area contributed by atoms with Crippen molar-refractivity contribution < 1.29 is 27.8 Å². The molecule has 0 spiro atoms. The smallest absolute Gasteiger partial charge is 0.451 e. The van der Waals surface area contributed by atoms with Crippen molar-refractivity contribution in [3.8, 4) is 11.5 Å². The minimum absolute atomic E-state index is 0.00474. The SMILES string of the molecule is COc1cc2nc(C)nc(NCc3cc(N)nc(C(F)(F)F)n3)c2cc1OCC(C)(C)O. The second-order valence-corrected chi connectivity index (χ2v) is 7.70.